The Kier molecular flexibility index (Phi) is 3.19. The van der Waals surface area contributed by atoms with Gasteiger partial charge in [-0.25, -0.2) is 0 Å². The van der Waals surface area contributed by atoms with E-state index in [0.29, 0.717) is 0 Å². The van der Waals surface area contributed by atoms with E-state index >= 15 is 0 Å². The zero-order chi connectivity index (χ0) is 8.81. The first-order valence-electron chi connectivity index (χ1n) is 3.73. The molecule has 12 heavy (non-hydrogen) atoms. The Labute approximate surface area is 70.3 Å². The van der Waals surface area contributed by atoms with Crippen LogP contribution in [0.4, 0.5) is 0 Å². The summed E-state index contributed by atoms with van der Waals surface area (Å²) in [4.78, 5) is 17.2. The average Bonchev–Trinajstić information content (AvgIpc) is 2.90. The van der Waals surface area contributed by atoms with Gasteiger partial charge in [-0.05, 0) is 12.8 Å². The smallest absolute Gasteiger partial charge is 0.306 e. The molecule has 0 bridgehead atoms. The first-order chi connectivity index (χ1) is 5.80. The second-order valence-electron chi connectivity index (χ2n) is 2.51. The fourth-order valence-electron chi connectivity index (χ4n) is 0.584. The van der Waals surface area contributed by atoms with Crippen molar-refractivity contribution in [2.24, 2.45) is 5.92 Å². The van der Waals surface area contributed by atoms with Crippen molar-refractivity contribution in [1.29, 1.82) is 0 Å². The molecule has 4 heteroatoms. The van der Waals surface area contributed by atoms with Gasteiger partial charge in [0.1, 0.15) is 0 Å². The summed E-state index contributed by atoms with van der Waals surface area (Å²) >= 11 is 0. The highest BCUT2D eigenvalue weighted by Gasteiger charge is 2.28. The molecule has 1 aliphatic carbocycles. The molecule has 1 aromatic heterocycles. The normalized spacial score (nSPS) is 14.3. The summed E-state index contributed by atoms with van der Waals surface area (Å²) in [6, 6.07) is 0. The number of hydrogen-bond acceptors (Lipinski definition) is 3. The first kappa shape index (κ1) is 8.64. The Bertz CT molecular complexity index is 207. The Morgan fingerprint density at radius 2 is 1.58 bits per heavy atom. The molecule has 1 aliphatic rings. The maximum Gasteiger partial charge on any atom is 0.306 e. The van der Waals surface area contributed by atoms with Crippen LogP contribution in [0, 0.1) is 5.92 Å². The van der Waals surface area contributed by atoms with Crippen LogP contribution in [-0.2, 0) is 4.79 Å². The van der Waals surface area contributed by atoms with E-state index < -0.39 is 5.97 Å². The Morgan fingerprint density at radius 1 is 1.17 bits per heavy atom. The van der Waals surface area contributed by atoms with E-state index in [1.54, 1.807) is 24.8 Å². The maximum absolute atomic E-state index is 9.76. The molecular formula is C8H10N2O2. The second kappa shape index (κ2) is 4.43. The highest BCUT2D eigenvalue weighted by molar-refractivity contribution is 5.72. The van der Waals surface area contributed by atoms with Crippen molar-refractivity contribution in [2.75, 3.05) is 0 Å². The highest BCUT2D eigenvalue weighted by atomic mass is 16.4. The molecule has 0 radical (unpaired) electrons. The molecule has 1 aromatic rings. The molecule has 0 saturated heterocycles. The van der Waals surface area contributed by atoms with E-state index in [4.69, 9.17) is 5.11 Å². The van der Waals surface area contributed by atoms with Crippen molar-refractivity contribution in [2.45, 2.75) is 12.8 Å². The summed E-state index contributed by atoms with van der Waals surface area (Å²) in [5.74, 6) is -0.611. The maximum atomic E-state index is 9.76. The quantitative estimate of drug-likeness (QED) is 0.674. The zero-order valence-corrected chi connectivity index (χ0v) is 6.55. The summed E-state index contributed by atoms with van der Waals surface area (Å²) in [6.45, 7) is 0. The lowest BCUT2D eigenvalue weighted by Crippen LogP contribution is -1.94. The van der Waals surface area contributed by atoms with Gasteiger partial charge in [-0.15, -0.1) is 0 Å². The van der Waals surface area contributed by atoms with E-state index in [9.17, 15) is 4.79 Å². The number of nitrogens with zero attached hydrogens (tertiary/aromatic N) is 2. The fourth-order valence-corrected chi connectivity index (χ4v) is 0.584. The lowest BCUT2D eigenvalue weighted by molar-refractivity contribution is -0.138. The summed E-state index contributed by atoms with van der Waals surface area (Å²) < 4.78 is 0. The van der Waals surface area contributed by atoms with Crippen molar-refractivity contribution in [1.82, 2.24) is 9.97 Å². The highest BCUT2D eigenvalue weighted by Crippen LogP contribution is 2.28. The Morgan fingerprint density at radius 3 is 1.67 bits per heavy atom. The lowest BCUT2D eigenvalue weighted by Gasteiger charge is -1.75. The molecule has 0 spiro atoms. The summed E-state index contributed by atoms with van der Waals surface area (Å²) in [7, 11) is 0. The molecule has 1 saturated carbocycles. The molecular weight excluding hydrogens is 156 g/mol. The largest absolute Gasteiger partial charge is 0.481 e. The lowest BCUT2D eigenvalue weighted by atomic mass is 10.5. The standard InChI is InChI=1S/C4H4N2.C4H6O2/c1-2-6-4-3-5-1;5-4(6)3-1-2-3/h1-4H;3H,1-2H2,(H,5,6). The predicted octanol–water partition coefficient (Wildman–Crippen LogP) is 0.958. The van der Waals surface area contributed by atoms with Crippen LogP contribution in [0.15, 0.2) is 24.8 Å². The number of carboxylic acid groups (broad SMARTS) is 1. The van der Waals surface area contributed by atoms with Crippen LogP contribution in [0.25, 0.3) is 0 Å². The summed E-state index contributed by atoms with van der Waals surface area (Å²) in [5, 5.41) is 8.05. The molecule has 0 aromatic carbocycles. The number of carbonyl (C=O) groups is 1. The molecule has 64 valence electrons. The van der Waals surface area contributed by atoms with Crippen LogP contribution in [0.2, 0.25) is 0 Å². The molecule has 1 N–H and O–H groups in total. The van der Waals surface area contributed by atoms with Gasteiger partial charge in [0.25, 0.3) is 0 Å². The minimum absolute atomic E-state index is 0.0185. The Balaban J connectivity index is 0.000000120. The van der Waals surface area contributed by atoms with Gasteiger partial charge in [0.2, 0.25) is 0 Å². The summed E-state index contributed by atoms with van der Waals surface area (Å²) in [5.41, 5.74) is 0. The Hall–Kier alpha value is -1.45. The zero-order valence-electron chi connectivity index (χ0n) is 6.55. The molecule has 0 atom stereocenters. The number of aliphatic carboxylic acids is 1. The third-order valence-electron chi connectivity index (χ3n) is 1.40. The van der Waals surface area contributed by atoms with E-state index in [1.165, 1.54) is 0 Å². The average molecular weight is 166 g/mol. The molecule has 1 fully saturated rings. The van der Waals surface area contributed by atoms with Gasteiger partial charge in [0.05, 0.1) is 5.92 Å². The van der Waals surface area contributed by atoms with Crippen molar-refractivity contribution in [3.63, 3.8) is 0 Å². The van der Waals surface area contributed by atoms with Crippen molar-refractivity contribution in [3.8, 4) is 0 Å². The van der Waals surface area contributed by atoms with E-state index in [1.807, 2.05) is 0 Å². The SMILES string of the molecule is O=C(O)C1CC1.c1cnccn1. The molecule has 2 rings (SSSR count). The monoisotopic (exact) mass is 166 g/mol. The third kappa shape index (κ3) is 3.65. The molecule has 0 amide bonds. The van der Waals surface area contributed by atoms with Gasteiger partial charge in [-0.3, -0.25) is 14.8 Å². The van der Waals surface area contributed by atoms with E-state index in [-0.39, 0.29) is 5.92 Å². The van der Waals surface area contributed by atoms with Gasteiger partial charge < -0.3 is 5.11 Å². The van der Waals surface area contributed by atoms with Gasteiger partial charge in [0.15, 0.2) is 0 Å². The van der Waals surface area contributed by atoms with Crippen LogP contribution in [-0.4, -0.2) is 21.0 Å². The van der Waals surface area contributed by atoms with Crippen molar-refractivity contribution in [3.05, 3.63) is 24.8 Å². The van der Waals surface area contributed by atoms with Gasteiger partial charge >= 0.3 is 5.97 Å². The molecule has 0 aliphatic heterocycles. The van der Waals surface area contributed by atoms with Gasteiger partial charge in [0, 0.05) is 24.8 Å². The van der Waals surface area contributed by atoms with E-state index in [0.717, 1.165) is 12.8 Å². The number of rotatable bonds is 1. The molecule has 4 nitrogen and oxygen atoms in total. The van der Waals surface area contributed by atoms with Gasteiger partial charge in [-0.2, -0.15) is 0 Å². The predicted molar refractivity (Wildman–Crippen MR) is 42.4 cm³/mol. The minimum atomic E-state index is -0.630. The van der Waals surface area contributed by atoms with Crippen molar-refractivity contribution >= 4 is 5.97 Å². The second-order valence-corrected chi connectivity index (χ2v) is 2.51. The number of aromatic nitrogens is 2. The first-order valence-corrected chi connectivity index (χ1v) is 3.73. The third-order valence-corrected chi connectivity index (χ3v) is 1.40. The fraction of sp³-hybridized carbons (Fsp3) is 0.375. The van der Waals surface area contributed by atoms with Crippen LogP contribution in [0.3, 0.4) is 0 Å². The number of carboxylic acids is 1. The topological polar surface area (TPSA) is 63.1 Å². The molecule has 0 unspecified atom stereocenters. The van der Waals surface area contributed by atoms with Crippen molar-refractivity contribution < 1.29 is 9.90 Å². The summed E-state index contributed by atoms with van der Waals surface area (Å²) in [6.07, 6.45) is 8.35. The number of hydrogen-bond donors (Lipinski definition) is 1. The molecule has 1 heterocycles. The van der Waals surface area contributed by atoms with E-state index in [2.05, 4.69) is 9.97 Å². The van der Waals surface area contributed by atoms with Crippen LogP contribution in [0.5, 0.6) is 0 Å². The minimum Gasteiger partial charge on any atom is -0.481 e. The van der Waals surface area contributed by atoms with Crippen LogP contribution >= 0.6 is 0 Å². The van der Waals surface area contributed by atoms with Crippen LogP contribution < -0.4 is 0 Å². The van der Waals surface area contributed by atoms with Gasteiger partial charge in [-0.1, -0.05) is 0 Å². The van der Waals surface area contributed by atoms with Crippen LogP contribution in [0.1, 0.15) is 12.8 Å².